The maximum atomic E-state index is 13.6. The lowest BCUT2D eigenvalue weighted by Crippen LogP contribution is -2.07. The molecule has 0 fully saturated rings. The molecule has 2 N–H and O–H groups in total. The van der Waals surface area contributed by atoms with E-state index in [-0.39, 0.29) is 18.0 Å². The maximum absolute atomic E-state index is 13.6. The van der Waals surface area contributed by atoms with Crippen molar-refractivity contribution in [2.45, 2.75) is 12.7 Å². The van der Waals surface area contributed by atoms with Crippen molar-refractivity contribution in [3.63, 3.8) is 0 Å². The second-order valence-corrected chi connectivity index (χ2v) is 4.17. The molecule has 0 spiro atoms. The first-order chi connectivity index (χ1) is 9.38. The summed E-state index contributed by atoms with van der Waals surface area (Å²) in [5, 5.41) is 12.2. The maximum Gasteiger partial charge on any atom is 0.416 e. The van der Waals surface area contributed by atoms with Gasteiger partial charge in [0, 0.05) is 12.1 Å². The third kappa shape index (κ3) is 3.20. The standard InChI is InChI=1S/C14H11F4NO/c15-11-7-10(14(16,17)18)5-6-12(11)19-8-9-3-1-2-4-13(9)20/h1-7,19-20H,8H2. The Kier molecular flexibility index (Phi) is 3.83. The van der Waals surface area contributed by atoms with Crippen molar-refractivity contribution in [3.05, 3.63) is 59.4 Å². The van der Waals surface area contributed by atoms with E-state index in [1.807, 2.05) is 0 Å². The number of benzene rings is 2. The van der Waals surface area contributed by atoms with E-state index in [0.717, 1.165) is 12.1 Å². The van der Waals surface area contributed by atoms with Crippen LogP contribution in [0.25, 0.3) is 0 Å². The van der Waals surface area contributed by atoms with E-state index < -0.39 is 17.6 Å². The molecular weight excluding hydrogens is 274 g/mol. The minimum Gasteiger partial charge on any atom is -0.508 e. The van der Waals surface area contributed by atoms with Crippen LogP contribution >= 0.6 is 0 Å². The average molecular weight is 285 g/mol. The number of phenolic OH excluding ortho intramolecular Hbond substituents is 1. The van der Waals surface area contributed by atoms with Crippen molar-refractivity contribution >= 4 is 5.69 Å². The second-order valence-electron chi connectivity index (χ2n) is 4.17. The number of phenols is 1. The summed E-state index contributed by atoms with van der Waals surface area (Å²) in [7, 11) is 0. The molecule has 6 heteroatoms. The summed E-state index contributed by atoms with van der Waals surface area (Å²) < 4.78 is 50.7. The zero-order valence-electron chi connectivity index (χ0n) is 10.2. The molecule has 0 aliphatic rings. The van der Waals surface area contributed by atoms with Crippen molar-refractivity contribution < 1.29 is 22.7 Å². The highest BCUT2D eigenvalue weighted by Gasteiger charge is 2.31. The summed E-state index contributed by atoms with van der Waals surface area (Å²) in [5.74, 6) is -0.956. The monoisotopic (exact) mass is 285 g/mol. The minimum absolute atomic E-state index is 0.0346. The molecule has 2 rings (SSSR count). The minimum atomic E-state index is -4.57. The van der Waals surface area contributed by atoms with Gasteiger partial charge in [-0.25, -0.2) is 4.39 Å². The van der Waals surface area contributed by atoms with Crippen LogP contribution in [0.4, 0.5) is 23.2 Å². The van der Waals surface area contributed by atoms with Crippen molar-refractivity contribution in [2.75, 3.05) is 5.32 Å². The van der Waals surface area contributed by atoms with Crippen LogP contribution in [0.2, 0.25) is 0 Å². The first-order valence-electron chi connectivity index (χ1n) is 5.75. The second kappa shape index (κ2) is 5.40. The largest absolute Gasteiger partial charge is 0.508 e. The number of hydrogen-bond acceptors (Lipinski definition) is 2. The van der Waals surface area contributed by atoms with Crippen LogP contribution in [0.15, 0.2) is 42.5 Å². The Morgan fingerprint density at radius 1 is 1.05 bits per heavy atom. The summed E-state index contributed by atoms with van der Waals surface area (Å²) in [4.78, 5) is 0. The number of rotatable bonds is 3. The average Bonchev–Trinajstić information content (AvgIpc) is 2.38. The van der Waals surface area contributed by atoms with Crippen LogP contribution in [-0.2, 0) is 12.7 Å². The number of anilines is 1. The van der Waals surface area contributed by atoms with Gasteiger partial charge in [0.1, 0.15) is 11.6 Å². The Morgan fingerprint density at radius 3 is 2.35 bits per heavy atom. The molecule has 20 heavy (non-hydrogen) atoms. The number of alkyl halides is 3. The van der Waals surface area contributed by atoms with Gasteiger partial charge in [0.2, 0.25) is 0 Å². The molecule has 2 nitrogen and oxygen atoms in total. The van der Waals surface area contributed by atoms with Gasteiger partial charge in [-0.2, -0.15) is 13.2 Å². The Bertz CT molecular complexity index is 610. The normalized spacial score (nSPS) is 11.4. The van der Waals surface area contributed by atoms with E-state index in [4.69, 9.17) is 0 Å². The highest BCUT2D eigenvalue weighted by atomic mass is 19.4. The Balaban J connectivity index is 2.13. The fourth-order valence-electron chi connectivity index (χ4n) is 1.69. The fraction of sp³-hybridized carbons (Fsp3) is 0.143. The van der Waals surface area contributed by atoms with E-state index in [2.05, 4.69) is 5.32 Å². The van der Waals surface area contributed by atoms with E-state index >= 15 is 0 Å². The summed E-state index contributed by atoms with van der Waals surface area (Å²) >= 11 is 0. The van der Waals surface area contributed by atoms with Crippen LogP contribution < -0.4 is 5.32 Å². The third-order valence-electron chi connectivity index (χ3n) is 2.76. The highest BCUT2D eigenvalue weighted by Crippen LogP contribution is 2.31. The molecular formula is C14H11F4NO. The number of aromatic hydroxyl groups is 1. The van der Waals surface area contributed by atoms with Gasteiger partial charge in [-0.15, -0.1) is 0 Å². The molecule has 0 radical (unpaired) electrons. The third-order valence-corrected chi connectivity index (χ3v) is 2.76. The summed E-state index contributed by atoms with van der Waals surface area (Å²) in [5.41, 5.74) is -0.573. The van der Waals surface area contributed by atoms with Crippen LogP contribution in [-0.4, -0.2) is 5.11 Å². The van der Waals surface area contributed by atoms with Gasteiger partial charge in [0.25, 0.3) is 0 Å². The lowest BCUT2D eigenvalue weighted by Gasteiger charge is -2.11. The smallest absolute Gasteiger partial charge is 0.416 e. The van der Waals surface area contributed by atoms with Gasteiger partial charge in [-0.1, -0.05) is 18.2 Å². The summed E-state index contributed by atoms with van der Waals surface area (Å²) in [6.45, 7) is 0.106. The van der Waals surface area contributed by atoms with E-state index in [1.54, 1.807) is 18.2 Å². The van der Waals surface area contributed by atoms with E-state index in [0.29, 0.717) is 11.6 Å². The van der Waals surface area contributed by atoms with Gasteiger partial charge in [-0.05, 0) is 24.3 Å². The topological polar surface area (TPSA) is 32.3 Å². The fourth-order valence-corrected chi connectivity index (χ4v) is 1.69. The Labute approximate surface area is 112 Å². The molecule has 0 atom stereocenters. The lowest BCUT2D eigenvalue weighted by molar-refractivity contribution is -0.137. The molecule has 0 saturated heterocycles. The quantitative estimate of drug-likeness (QED) is 0.830. The molecule has 0 unspecified atom stereocenters. The van der Waals surface area contributed by atoms with Crippen LogP contribution in [0.5, 0.6) is 5.75 Å². The molecule has 0 aliphatic heterocycles. The lowest BCUT2D eigenvalue weighted by atomic mass is 10.1. The first kappa shape index (κ1) is 14.2. The van der Waals surface area contributed by atoms with E-state index in [9.17, 15) is 22.7 Å². The Morgan fingerprint density at radius 2 is 1.75 bits per heavy atom. The van der Waals surface area contributed by atoms with Crippen LogP contribution in [0, 0.1) is 5.82 Å². The summed E-state index contributed by atoms with van der Waals surface area (Å²) in [6, 6.07) is 8.70. The van der Waals surface area contributed by atoms with Gasteiger partial charge < -0.3 is 10.4 Å². The number of nitrogens with one attached hydrogen (secondary N) is 1. The molecule has 2 aromatic rings. The molecule has 0 amide bonds. The van der Waals surface area contributed by atoms with E-state index in [1.165, 1.54) is 6.07 Å². The van der Waals surface area contributed by atoms with Crippen molar-refractivity contribution in [1.29, 1.82) is 0 Å². The molecule has 0 aliphatic carbocycles. The molecule has 0 saturated carbocycles. The van der Waals surface area contributed by atoms with Gasteiger partial charge in [0.05, 0.1) is 11.3 Å². The van der Waals surface area contributed by atoms with Crippen LogP contribution in [0.1, 0.15) is 11.1 Å². The summed E-state index contributed by atoms with van der Waals surface area (Å²) in [6.07, 6.45) is -4.57. The molecule has 2 aromatic carbocycles. The van der Waals surface area contributed by atoms with Gasteiger partial charge in [0.15, 0.2) is 0 Å². The first-order valence-corrected chi connectivity index (χ1v) is 5.75. The van der Waals surface area contributed by atoms with Crippen molar-refractivity contribution in [3.8, 4) is 5.75 Å². The van der Waals surface area contributed by atoms with Gasteiger partial charge >= 0.3 is 6.18 Å². The number of para-hydroxylation sites is 1. The predicted octanol–water partition coefficient (Wildman–Crippen LogP) is 4.16. The Hall–Kier alpha value is -2.24. The molecule has 106 valence electrons. The number of hydrogen-bond donors (Lipinski definition) is 2. The molecule has 0 bridgehead atoms. The highest BCUT2D eigenvalue weighted by molar-refractivity contribution is 5.48. The SMILES string of the molecule is Oc1ccccc1CNc1ccc(C(F)(F)F)cc1F. The molecule has 0 aromatic heterocycles. The zero-order chi connectivity index (χ0) is 14.8. The van der Waals surface area contributed by atoms with Crippen molar-refractivity contribution in [2.24, 2.45) is 0 Å². The number of halogens is 4. The molecule has 0 heterocycles. The van der Waals surface area contributed by atoms with Crippen LogP contribution in [0.3, 0.4) is 0 Å². The predicted molar refractivity (Wildman–Crippen MR) is 66.8 cm³/mol. The zero-order valence-corrected chi connectivity index (χ0v) is 10.2. The van der Waals surface area contributed by atoms with Crippen molar-refractivity contribution in [1.82, 2.24) is 0 Å². The van der Waals surface area contributed by atoms with Gasteiger partial charge in [-0.3, -0.25) is 0 Å².